The first-order chi connectivity index (χ1) is 25.7. The van der Waals surface area contributed by atoms with E-state index in [1.54, 1.807) is 29.6 Å². The largest absolute Gasteiger partial charge is 0.449 e. The smallest absolute Gasteiger partial charge is 0.407 e. The van der Waals surface area contributed by atoms with Gasteiger partial charge in [0.25, 0.3) is 0 Å². The SMILES string of the molecule is C#C.CC(C)COC(=O)NCC(=O)Nc1cncc(F)c1CC[C@@H]1CN[C@H](COC(=O)NCC(F)(F)F)CO1.Fc1ccc(Cc2ccc(F)cc2)cc1. The van der Waals surface area contributed by atoms with Crippen LogP contribution in [0.5, 0.6) is 0 Å². The van der Waals surface area contributed by atoms with Crippen molar-refractivity contribution in [1.82, 2.24) is 20.9 Å². The van der Waals surface area contributed by atoms with Gasteiger partial charge in [-0.15, -0.1) is 12.8 Å². The Bertz CT molecular complexity index is 1570. The lowest BCUT2D eigenvalue weighted by Crippen LogP contribution is -2.49. The minimum Gasteiger partial charge on any atom is -0.449 e. The van der Waals surface area contributed by atoms with E-state index in [0.717, 1.165) is 17.3 Å². The van der Waals surface area contributed by atoms with Gasteiger partial charge in [0.05, 0.1) is 43.4 Å². The van der Waals surface area contributed by atoms with Crippen LogP contribution in [0.2, 0.25) is 0 Å². The number of benzene rings is 2. The van der Waals surface area contributed by atoms with Crippen molar-refractivity contribution in [3.63, 3.8) is 0 Å². The number of morpholine rings is 1. The molecule has 3 aromatic rings. The van der Waals surface area contributed by atoms with E-state index in [1.807, 2.05) is 13.8 Å². The van der Waals surface area contributed by atoms with Crippen molar-refractivity contribution in [3.8, 4) is 12.8 Å². The Balaban J connectivity index is 0.000000489. The summed E-state index contributed by atoms with van der Waals surface area (Å²) in [7, 11) is 0. The van der Waals surface area contributed by atoms with E-state index in [-0.39, 0.29) is 67.7 Å². The molecule has 11 nitrogen and oxygen atoms in total. The molecule has 1 aromatic heterocycles. The van der Waals surface area contributed by atoms with Crippen LogP contribution in [0.25, 0.3) is 0 Å². The molecular weight excluding hydrogens is 724 g/mol. The second kappa shape index (κ2) is 23.4. The fourth-order valence-electron chi connectivity index (χ4n) is 4.57. The first kappa shape index (κ1) is 44.8. The number of amides is 3. The average Bonchev–Trinajstić information content (AvgIpc) is 3.14. The molecule has 1 aliphatic heterocycles. The molecule has 1 saturated heterocycles. The Labute approximate surface area is 309 Å². The van der Waals surface area contributed by atoms with Crippen molar-refractivity contribution in [3.05, 3.63) is 95.1 Å². The Morgan fingerprint density at radius 1 is 0.926 bits per heavy atom. The van der Waals surface area contributed by atoms with Gasteiger partial charge in [0.15, 0.2) is 0 Å². The molecule has 4 N–H and O–H groups in total. The molecule has 0 aliphatic carbocycles. The molecule has 1 aliphatic rings. The van der Waals surface area contributed by atoms with Crippen LogP contribution >= 0.6 is 0 Å². The molecule has 0 bridgehead atoms. The van der Waals surface area contributed by atoms with Crippen molar-refractivity contribution in [2.45, 2.75) is 51.4 Å². The highest BCUT2D eigenvalue weighted by Gasteiger charge is 2.29. The lowest BCUT2D eigenvalue weighted by atomic mass is 10.0. The molecule has 0 unspecified atom stereocenters. The van der Waals surface area contributed by atoms with Crippen LogP contribution in [0.3, 0.4) is 0 Å². The first-order valence-corrected chi connectivity index (χ1v) is 16.6. The summed E-state index contributed by atoms with van der Waals surface area (Å²) in [6.45, 7) is 2.34. The van der Waals surface area contributed by atoms with E-state index in [1.165, 1.54) is 30.5 Å². The summed E-state index contributed by atoms with van der Waals surface area (Å²) < 4.78 is 91.3. The predicted molar refractivity (Wildman–Crippen MR) is 188 cm³/mol. The zero-order chi connectivity index (χ0) is 40.1. The van der Waals surface area contributed by atoms with Gasteiger partial charge in [0.2, 0.25) is 5.91 Å². The minimum absolute atomic E-state index is 0.123. The number of carbonyl (C=O) groups is 3. The molecule has 2 aromatic carbocycles. The number of alkyl carbamates (subject to hydrolysis) is 2. The molecule has 17 heteroatoms. The van der Waals surface area contributed by atoms with Crippen LogP contribution < -0.4 is 21.3 Å². The molecular formula is C37H43F6N5O6. The number of ether oxygens (including phenoxy) is 3. The van der Waals surface area contributed by atoms with E-state index < -0.39 is 42.7 Å². The molecule has 294 valence electrons. The van der Waals surface area contributed by atoms with Gasteiger partial charge >= 0.3 is 18.4 Å². The lowest BCUT2D eigenvalue weighted by Gasteiger charge is -2.30. The van der Waals surface area contributed by atoms with Gasteiger partial charge in [-0.1, -0.05) is 38.1 Å². The van der Waals surface area contributed by atoms with Gasteiger partial charge in [-0.2, -0.15) is 13.2 Å². The number of nitrogens with one attached hydrogen (secondary N) is 4. The molecule has 0 spiro atoms. The van der Waals surface area contributed by atoms with Crippen molar-refractivity contribution < 1.29 is 54.9 Å². The van der Waals surface area contributed by atoms with Crippen molar-refractivity contribution in [1.29, 1.82) is 0 Å². The number of halogens is 6. The maximum atomic E-state index is 14.4. The van der Waals surface area contributed by atoms with Crippen LogP contribution in [-0.4, -0.2) is 80.9 Å². The van der Waals surface area contributed by atoms with Gasteiger partial charge in [-0.3, -0.25) is 9.78 Å². The standard InChI is InChI=1S/C22H31F4N5O6.C13H10F2.C2H2/c1-13(2)9-36-20(33)29-8-19(32)31-18-7-27-6-17(23)16(18)4-3-15-5-28-14(10-35-15)11-37-21(34)30-12-22(24,25)26;14-12-5-1-10(2-6-12)9-11-3-7-13(15)8-4-11;1-2/h6-7,13-15,28H,3-5,8-12H2,1-2H3,(H,29,33)(H,30,34)(H,31,32);1-8H,9H2;1-2H/t14-,15+;;/m0../s1. The summed E-state index contributed by atoms with van der Waals surface area (Å²) in [6.07, 6.45) is 4.78. The van der Waals surface area contributed by atoms with Gasteiger partial charge < -0.3 is 35.5 Å². The van der Waals surface area contributed by atoms with E-state index in [4.69, 9.17) is 14.2 Å². The second-order valence-electron chi connectivity index (χ2n) is 12.1. The minimum atomic E-state index is -4.53. The zero-order valence-corrected chi connectivity index (χ0v) is 29.7. The maximum Gasteiger partial charge on any atom is 0.407 e. The number of nitrogens with zero attached hydrogens (tertiary/aromatic N) is 1. The highest BCUT2D eigenvalue weighted by molar-refractivity contribution is 5.94. The molecule has 1 fully saturated rings. The number of aromatic nitrogens is 1. The predicted octanol–water partition coefficient (Wildman–Crippen LogP) is 5.92. The van der Waals surface area contributed by atoms with Crippen LogP contribution in [0.4, 0.5) is 41.6 Å². The molecule has 54 heavy (non-hydrogen) atoms. The summed E-state index contributed by atoms with van der Waals surface area (Å²) >= 11 is 0. The summed E-state index contributed by atoms with van der Waals surface area (Å²) in [6, 6.07) is 12.2. The first-order valence-electron chi connectivity index (χ1n) is 16.6. The Kier molecular flexibility index (Phi) is 19.4. The third kappa shape index (κ3) is 18.4. The number of terminal acetylenes is 1. The number of pyridine rings is 1. The van der Waals surface area contributed by atoms with Gasteiger partial charge in [-0.05, 0) is 60.6 Å². The highest BCUT2D eigenvalue weighted by Crippen LogP contribution is 2.21. The number of hydrogen-bond acceptors (Lipinski definition) is 8. The summed E-state index contributed by atoms with van der Waals surface area (Å²) in [5.41, 5.74) is 2.40. The third-order valence-corrected chi connectivity index (χ3v) is 7.19. The summed E-state index contributed by atoms with van der Waals surface area (Å²) in [5, 5.41) is 9.49. The van der Waals surface area contributed by atoms with Gasteiger partial charge in [0.1, 0.15) is 37.1 Å². The number of anilines is 1. The highest BCUT2D eigenvalue weighted by atomic mass is 19.4. The van der Waals surface area contributed by atoms with Gasteiger partial charge in [0, 0.05) is 12.1 Å². The fraction of sp³-hybridized carbons (Fsp3) is 0.405. The van der Waals surface area contributed by atoms with Crippen LogP contribution in [-0.2, 0) is 31.8 Å². The van der Waals surface area contributed by atoms with Crippen molar-refractivity contribution in [2.75, 3.05) is 44.8 Å². The molecule has 0 saturated carbocycles. The molecule has 0 radical (unpaired) electrons. The number of hydrogen-bond donors (Lipinski definition) is 4. The lowest BCUT2D eigenvalue weighted by molar-refractivity contribution is -0.124. The zero-order valence-electron chi connectivity index (χ0n) is 29.7. The van der Waals surface area contributed by atoms with Gasteiger partial charge in [-0.25, -0.2) is 22.8 Å². The third-order valence-electron chi connectivity index (χ3n) is 7.19. The summed E-state index contributed by atoms with van der Waals surface area (Å²) in [4.78, 5) is 38.9. The normalized spacial score (nSPS) is 15.0. The van der Waals surface area contributed by atoms with E-state index >= 15 is 0 Å². The van der Waals surface area contributed by atoms with E-state index in [9.17, 15) is 40.7 Å². The Morgan fingerprint density at radius 3 is 2.06 bits per heavy atom. The number of alkyl halides is 3. The summed E-state index contributed by atoms with van der Waals surface area (Å²) in [5.74, 6) is -1.55. The monoisotopic (exact) mass is 767 g/mol. The van der Waals surface area contributed by atoms with Crippen molar-refractivity contribution >= 4 is 23.8 Å². The molecule has 3 amide bonds. The molecule has 4 rings (SSSR count). The average molecular weight is 768 g/mol. The molecule has 2 atom stereocenters. The Hall–Kier alpha value is -5.34. The number of rotatable bonds is 13. The fourth-order valence-corrected chi connectivity index (χ4v) is 4.57. The quantitative estimate of drug-likeness (QED) is 0.124. The Morgan fingerprint density at radius 2 is 1.52 bits per heavy atom. The topological polar surface area (TPSA) is 140 Å². The second-order valence-corrected chi connectivity index (χ2v) is 12.1. The van der Waals surface area contributed by atoms with Crippen LogP contribution in [0, 0.1) is 36.2 Å². The van der Waals surface area contributed by atoms with E-state index in [0.29, 0.717) is 19.4 Å². The van der Waals surface area contributed by atoms with Crippen molar-refractivity contribution in [2.24, 2.45) is 5.92 Å². The molecule has 2 heterocycles. The number of carbonyl (C=O) groups excluding carboxylic acids is 3. The van der Waals surface area contributed by atoms with Crippen LogP contribution in [0.15, 0.2) is 60.9 Å². The maximum absolute atomic E-state index is 14.4. The van der Waals surface area contributed by atoms with Crippen LogP contribution in [0.1, 0.15) is 37.0 Å². The van der Waals surface area contributed by atoms with E-state index in [2.05, 4.69) is 33.8 Å².